The molecule has 0 radical (unpaired) electrons. The first kappa shape index (κ1) is 9.66. The van der Waals surface area contributed by atoms with Gasteiger partial charge in [-0.25, -0.2) is 14.6 Å². The highest BCUT2D eigenvalue weighted by molar-refractivity contribution is 7.64. The van der Waals surface area contributed by atoms with Crippen LogP contribution in [0.4, 0.5) is 5.82 Å². The molecule has 0 amide bonds. The summed E-state index contributed by atoms with van der Waals surface area (Å²) in [7, 11) is 0. The van der Waals surface area contributed by atoms with Crippen LogP contribution in [0.1, 0.15) is 5.56 Å². The summed E-state index contributed by atoms with van der Waals surface area (Å²) in [6.45, 7) is 0. The Morgan fingerprint density at radius 3 is 3.00 bits per heavy atom. The quantitative estimate of drug-likeness (QED) is 0.748. The van der Waals surface area contributed by atoms with Crippen molar-refractivity contribution < 1.29 is 4.21 Å². The maximum absolute atomic E-state index is 10.5. The lowest BCUT2D eigenvalue weighted by Crippen LogP contribution is -2.08. The van der Waals surface area contributed by atoms with Crippen LogP contribution in [-0.2, 0) is 21.6 Å². The third-order valence-electron chi connectivity index (χ3n) is 1.88. The lowest BCUT2D eigenvalue weighted by Gasteiger charge is -2.04. The number of hydrogen-bond donors (Lipinski definition) is 1. The van der Waals surface area contributed by atoms with Crippen LogP contribution < -0.4 is 5.73 Å². The van der Waals surface area contributed by atoms with E-state index in [2.05, 4.69) is 15.1 Å². The number of hydrogen-bond acceptors (Lipinski definition) is 5. The number of rotatable bonds is 3. The van der Waals surface area contributed by atoms with Crippen molar-refractivity contribution in [1.29, 1.82) is 0 Å². The van der Waals surface area contributed by atoms with Crippen LogP contribution in [0.15, 0.2) is 24.8 Å². The summed E-state index contributed by atoms with van der Waals surface area (Å²) in [6.07, 6.45) is 4.72. The molecule has 6 nitrogen and oxygen atoms in total. The maximum Gasteiger partial charge on any atom is 0.464 e. The van der Waals surface area contributed by atoms with Crippen molar-refractivity contribution in [2.75, 3.05) is 5.73 Å². The van der Waals surface area contributed by atoms with Gasteiger partial charge in [-0.15, -0.1) is 0 Å². The molecule has 0 aliphatic rings. The summed E-state index contributed by atoms with van der Waals surface area (Å²) in [6, 6.07) is 1.77. The molecule has 0 atom stereocenters. The summed E-state index contributed by atoms with van der Waals surface area (Å²) in [5.74, 6) is 1.09. The van der Waals surface area contributed by atoms with Crippen LogP contribution in [0.2, 0.25) is 0 Å². The second kappa shape index (κ2) is 4.09. The van der Waals surface area contributed by atoms with E-state index in [0.29, 0.717) is 28.9 Å². The SMILES string of the molecule is Nc1ncnc(-n2cccn2)c1C[S+]=O. The van der Waals surface area contributed by atoms with Crippen molar-refractivity contribution in [3.8, 4) is 5.82 Å². The van der Waals surface area contributed by atoms with Gasteiger partial charge >= 0.3 is 11.7 Å². The molecule has 0 aliphatic heterocycles. The Morgan fingerprint density at radius 1 is 1.47 bits per heavy atom. The fourth-order valence-electron chi connectivity index (χ4n) is 1.21. The van der Waals surface area contributed by atoms with Crippen LogP contribution in [0.5, 0.6) is 0 Å². The molecule has 2 rings (SSSR count). The van der Waals surface area contributed by atoms with Gasteiger partial charge in [0.05, 0.1) is 0 Å². The maximum atomic E-state index is 10.5. The molecule has 2 N–H and O–H groups in total. The highest BCUT2D eigenvalue weighted by Crippen LogP contribution is 2.15. The largest absolute Gasteiger partial charge is 0.464 e. The molecule has 2 aromatic heterocycles. The Morgan fingerprint density at radius 2 is 2.33 bits per heavy atom. The van der Waals surface area contributed by atoms with E-state index < -0.39 is 0 Å². The zero-order chi connectivity index (χ0) is 10.7. The van der Waals surface area contributed by atoms with Crippen LogP contribution in [0, 0.1) is 0 Å². The molecule has 0 unspecified atom stereocenters. The van der Waals surface area contributed by atoms with Gasteiger partial charge < -0.3 is 5.73 Å². The third kappa shape index (κ3) is 1.82. The number of nitrogen functional groups attached to an aromatic ring is 1. The summed E-state index contributed by atoms with van der Waals surface area (Å²) in [4.78, 5) is 7.90. The molecule has 7 heteroatoms. The van der Waals surface area contributed by atoms with Gasteiger partial charge in [0.15, 0.2) is 5.82 Å². The Kier molecular flexibility index (Phi) is 2.64. The van der Waals surface area contributed by atoms with E-state index in [9.17, 15) is 4.21 Å². The van der Waals surface area contributed by atoms with Crippen LogP contribution in [0.25, 0.3) is 5.82 Å². The van der Waals surface area contributed by atoms with Crippen molar-refractivity contribution >= 4 is 17.5 Å². The van der Waals surface area contributed by atoms with E-state index in [1.54, 1.807) is 23.1 Å². The van der Waals surface area contributed by atoms with Crippen LogP contribution >= 0.6 is 0 Å². The molecule has 0 aliphatic carbocycles. The molecule has 0 spiro atoms. The smallest absolute Gasteiger partial charge is 0.383 e. The second-order valence-corrected chi connectivity index (χ2v) is 3.30. The monoisotopic (exact) mass is 222 g/mol. The van der Waals surface area contributed by atoms with Gasteiger partial charge in [-0.1, -0.05) is 0 Å². The van der Waals surface area contributed by atoms with Gasteiger partial charge in [-0.2, -0.15) is 5.10 Å². The van der Waals surface area contributed by atoms with Gasteiger partial charge in [-0.3, -0.25) is 0 Å². The highest BCUT2D eigenvalue weighted by Gasteiger charge is 2.16. The first-order valence-corrected chi connectivity index (χ1v) is 5.08. The third-order valence-corrected chi connectivity index (χ3v) is 2.29. The van der Waals surface area contributed by atoms with Gasteiger partial charge in [0.25, 0.3) is 5.75 Å². The van der Waals surface area contributed by atoms with E-state index in [1.165, 1.54) is 6.33 Å². The van der Waals surface area contributed by atoms with E-state index >= 15 is 0 Å². The molecule has 0 saturated heterocycles. The van der Waals surface area contributed by atoms with Crippen molar-refractivity contribution in [1.82, 2.24) is 19.7 Å². The van der Waals surface area contributed by atoms with Crippen molar-refractivity contribution in [2.45, 2.75) is 5.75 Å². The summed E-state index contributed by atoms with van der Waals surface area (Å²) < 4.78 is 12.1. The van der Waals surface area contributed by atoms with Gasteiger partial charge in [0.1, 0.15) is 17.7 Å². The van der Waals surface area contributed by atoms with Crippen LogP contribution in [-0.4, -0.2) is 19.7 Å². The molecule has 0 fully saturated rings. The predicted octanol–water partition coefficient (Wildman–Crippen LogP) is 0.173. The first-order chi connectivity index (χ1) is 7.33. The van der Waals surface area contributed by atoms with E-state index in [4.69, 9.17) is 5.73 Å². The molecule has 0 saturated carbocycles. The first-order valence-electron chi connectivity index (χ1n) is 4.17. The second-order valence-electron chi connectivity index (χ2n) is 2.77. The van der Waals surface area contributed by atoms with E-state index in [1.807, 2.05) is 0 Å². The Hall–Kier alpha value is -1.89. The minimum atomic E-state index is 0.224. The van der Waals surface area contributed by atoms with Gasteiger partial charge in [0, 0.05) is 16.6 Å². The number of aromatic nitrogens is 4. The van der Waals surface area contributed by atoms with Gasteiger partial charge in [0.2, 0.25) is 0 Å². The molecule has 2 heterocycles. The molecule has 0 aromatic carbocycles. The fourth-order valence-corrected chi connectivity index (χ4v) is 1.60. The van der Waals surface area contributed by atoms with Crippen LogP contribution in [0.3, 0.4) is 0 Å². The summed E-state index contributed by atoms with van der Waals surface area (Å²) in [5.41, 5.74) is 6.28. The van der Waals surface area contributed by atoms with Crippen molar-refractivity contribution in [2.24, 2.45) is 0 Å². The topological polar surface area (TPSA) is 86.7 Å². The zero-order valence-corrected chi connectivity index (χ0v) is 8.52. The number of nitrogens with zero attached hydrogens (tertiary/aromatic N) is 4. The van der Waals surface area contributed by atoms with Gasteiger partial charge in [-0.05, 0) is 6.07 Å². The average molecular weight is 222 g/mol. The number of anilines is 1. The Labute approximate surface area is 89.6 Å². The predicted molar refractivity (Wildman–Crippen MR) is 55.3 cm³/mol. The lowest BCUT2D eigenvalue weighted by molar-refractivity contribution is 0.604. The Balaban J connectivity index is 2.55. The lowest BCUT2D eigenvalue weighted by atomic mass is 10.3. The molecule has 15 heavy (non-hydrogen) atoms. The molecular formula is C8H8N5OS+. The highest BCUT2D eigenvalue weighted by atomic mass is 32.1. The Bertz CT molecular complexity index is 470. The molecular weight excluding hydrogens is 214 g/mol. The fraction of sp³-hybridized carbons (Fsp3) is 0.125. The number of nitrogens with two attached hydrogens (primary N) is 1. The average Bonchev–Trinajstić information content (AvgIpc) is 2.74. The van der Waals surface area contributed by atoms with Crippen molar-refractivity contribution in [3.63, 3.8) is 0 Å². The molecule has 0 bridgehead atoms. The van der Waals surface area contributed by atoms with Crippen molar-refractivity contribution in [3.05, 3.63) is 30.4 Å². The standard InChI is InChI=1S/C8H8N5OS/c9-7-6(4-15-14)8(11-5-10-7)13-3-1-2-12-13/h1-3,5H,4H2,(H2,9,10,11)/q+1. The summed E-state index contributed by atoms with van der Waals surface area (Å²) >= 11 is 0.429. The minimum Gasteiger partial charge on any atom is -0.383 e. The van der Waals surface area contributed by atoms with E-state index in [-0.39, 0.29) is 5.75 Å². The zero-order valence-electron chi connectivity index (χ0n) is 7.70. The van der Waals surface area contributed by atoms with E-state index in [0.717, 1.165) is 0 Å². The summed E-state index contributed by atoms with van der Waals surface area (Å²) in [5, 5.41) is 4.03. The normalized spacial score (nSPS) is 10.1. The molecule has 2 aromatic rings. The molecule has 76 valence electrons. The minimum absolute atomic E-state index is 0.224.